The van der Waals surface area contributed by atoms with E-state index >= 15 is 0 Å². The van der Waals surface area contributed by atoms with Crippen LogP contribution in [0.15, 0.2) is 18.3 Å². The quantitative estimate of drug-likeness (QED) is 0.885. The van der Waals surface area contributed by atoms with E-state index < -0.39 is 5.97 Å². The van der Waals surface area contributed by atoms with Gasteiger partial charge in [-0.1, -0.05) is 0 Å². The van der Waals surface area contributed by atoms with Gasteiger partial charge < -0.3 is 19.5 Å². The zero-order valence-electron chi connectivity index (χ0n) is 15.5. The number of likely N-dealkylation sites (N-methyl/N-ethyl adjacent to an activating group) is 1. The third kappa shape index (κ3) is 2.93. The molecule has 2 heterocycles. The average molecular weight is 373 g/mol. The monoisotopic (exact) mass is 373 g/mol. The first-order valence-corrected chi connectivity index (χ1v) is 9.08. The standard InChI is InChI=1S/C19H23N3O5/c1-21-17(23)10-27-11-19(21)5-3-13(4-6-19)22-9-12-7-14(18(24)25)16(26-2)8-15(12)20-22/h7-9,13H,3-6,10-11H2,1-2H3,(H,24,25). The number of aromatic carboxylic acids is 1. The minimum atomic E-state index is -1.02. The van der Waals surface area contributed by atoms with E-state index in [1.54, 1.807) is 12.1 Å². The van der Waals surface area contributed by atoms with Gasteiger partial charge in [-0.3, -0.25) is 9.48 Å². The molecule has 4 rings (SSSR count). The van der Waals surface area contributed by atoms with E-state index in [2.05, 4.69) is 5.10 Å². The second-order valence-electron chi connectivity index (χ2n) is 7.43. The van der Waals surface area contributed by atoms with Crippen LogP contribution in [0.1, 0.15) is 42.1 Å². The Morgan fingerprint density at radius 3 is 2.78 bits per heavy atom. The Morgan fingerprint density at radius 2 is 2.11 bits per heavy atom. The molecule has 1 aliphatic heterocycles. The second kappa shape index (κ2) is 6.53. The van der Waals surface area contributed by atoms with Gasteiger partial charge in [-0.2, -0.15) is 5.10 Å². The van der Waals surface area contributed by atoms with Gasteiger partial charge in [0, 0.05) is 24.7 Å². The molecule has 144 valence electrons. The molecule has 1 spiro atoms. The van der Waals surface area contributed by atoms with Crippen molar-refractivity contribution >= 4 is 22.8 Å². The van der Waals surface area contributed by atoms with Crippen molar-refractivity contribution in [3.63, 3.8) is 0 Å². The van der Waals surface area contributed by atoms with Crippen molar-refractivity contribution < 1.29 is 24.2 Å². The number of fused-ring (bicyclic) bond motifs is 1. The molecule has 1 saturated carbocycles. The van der Waals surface area contributed by atoms with E-state index in [0.29, 0.717) is 17.9 Å². The first-order valence-electron chi connectivity index (χ1n) is 9.08. The number of hydrogen-bond donors (Lipinski definition) is 1. The van der Waals surface area contributed by atoms with Crippen molar-refractivity contribution in [2.45, 2.75) is 37.3 Å². The van der Waals surface area contributed by atoms with Crippen molar-refractivity contribution in [2.24, 2.45) is 0 Å². The molecular formula is C19H23N3O5. The molecule has 1 N–H and O–H groups in total. The number of carboxylic acid groups (broad SMARTS) is 1. The van der Waals surface area contributed by atoms with E-state index in [1.807, 2.05) is 22.8 Å². The Morgan fingerprint density at radius 1 is 1.37 bits per heavy atom. The minimum absolute atomic E-state index is 0.0397. The smallest absolute Gasteiger partial charge is 0.339 e. The summed E-state index contributed by atoms with van der Waals surface area (Å²) in [4.78, 5) is 25.3. The van der Waals surface area contributed by atoms with E-state index in [1.165, 1.54) is 7.11 Å². The second-order valence-corrected chi connectivity index (χ2v) is 7.43. The van der Waals surface area contributed by atoms with Crippen molar-refractivity contribution in [3.05, 3.63) is 23.9 Å². The summed E-state index contributed by atoms with van der Waals surface area (Å²) in [5.74, 6) is -0.675. The molecule has 0 bridgehead atoms. The Hall–Kier alpha value is -2.61. The van der Waals surface area contributed by atoms with Crippen molar-refractivity contribution in [3.8, 4) is 5.75 Å². The molecule has 0 radical (unpaired) electrons. The molecule has 2 fully saturated rings. The maximum Gasteiger partial charge on any atom is 0.339 e. The highest BCUT2D eigenvalue weighted by molar-refractivity contribution is 5.96. The lowest BCUT2D eigenvalue weighted by Crippen LogP contribution is -2.59. The molecule has 1 saturated heterocycles. The van der Waals surface area contributed by atoms with E-state index in [9.17, 15) is 14.7 Å². The van der Waals surface area contributed by atoms with Gasteiger partial charge >= 0.3 is 5.97 Å². The molecule has 1 aromatic carbocycles. The van der Waals surface area contributed by atoms with Gasteiger partial charge in [0.2, 0.25) is 5.91 Å². The van der Waals surface area contributed by atoms with Crippen LogP contribution in [0.25, 0.3) is 10.9 Å². The highest BCUT2D eigenvalue weighted by Gasteiger charge is 2.44. The van der Waals surface area contributed by atoms with Crippen molar-refractivity contribution in [1.29, 1.82) is 0 Å². The summed E-state index contributed by atoms with van der Waals surface area (Å²) in [6.45, 7) is 0.752. The fourth-order valence-corrected chi connectivity index (χ4v) is 4.27. The summed E-state index contributed by atoms with van der Waals surface area (Å²) in [6.07, 6.45) is 5.39. The van der Waals surface area contributed by atoms with E-state index in [-0.39, 0.29) is 29.7 Å². The van der Waals surface area contributed by atoms with Gasteiger partial charge in [0.15, 0.2) is 0 Å². The highest BCUT2D eigenvalue weighted by Crippen LogP contribution is 2.40. The molecule has 27 heavy (non-hydrogen) atoms. The zero-order valence-corrected chi connectivity index (χ0v) is 15.5. The summed E-state index contributed by atoms with van der Waals surface area (Å²) in [5, 5.41) is 14.8. The van der Waals surface area contributed by atoms with Crippen LogP contribution >= 0.6 is 0 Å². The van der Waals surface area contributed by atoms with Crippen LogP contribution < -0.4 is 4.74 Å². The molecule has 8 nitrogen and oxygen atoms in total. The fraction of sp³-hybridized carbons (Fsp3) is 0.526. The number of rotatable bonds is 3. The Bertz CT molecular complexity index is 898. The Balaban J connectivity index is 1.57. The van der Waals surface area contributed by atoms with E-state index in [4.69, 9.17) is 9.47 Å². The minimum Gasteiger partial charge on any atom is -0.496 e. The van der Waals surface area contributed by atoms with Crippen LogP contribution in [0, 0.1) is 0 Å². The van der Waals surface area contributed by atoms with Crippen LogP contribution in [0.3, 0.4) is 0 Å². The number of methoxy groups -OCH3 is 1. The molecule has 0 atom stereocenters. The average Bonchev–Trinajstić information content (AvgIpc) is 3.08. The lowest BCUT2D eigenvalue weighted by Gasteiger charge is -2.48. The number of aromatic nitrogens is 2. The van der Waals surface area contributed by atoms with Gasteiger partial charge in [-0.25, -0.2) is 4.79 Å². The Labute approximate surface area is 156 Å². The summed E-state index contributed by atoms with van der Waals surface area (Å²) in [5.41, 5.74) is 0.634. The molecular weight excluding hydrogens is 350 g/mol. The number of ether oxygens (including phenoxy) is 2. The topological polar surface area (TPSA) is 93.9 Å². The van der Waals surface area contributed by atoms with E-state index in [0.717, 1.165) is 31.1 Å². The van der Waals surface area contributed by atoms with Crippen LogP contribution in [-0.4, -0.2) is 64.6 Å². The predicted molar refractivity (Wildman–Crippen MR) is 97.1 cm³/mol. The summed E-state index contributed by atoms with van der Waals surface area (Å²) < 4.78 is 12.6. The lowest BCUT2D eigenvalue weighted by molar-refractivity contribution is -0.158. The number of carbonyl (C=O) groups excluding carboxylic acids is 1. The van der Waals surface area contributed by atoms with Gasteiger partial charge in [-0.15, -0.1) is 0 Å². The normalized spacial score (nSPS) is 25.9. The number of benzene rings is 1. The zero-order chi connectivity index (χ0) is 19.2. The van der Waals surface area contributed by atoms with Crippen LogP contribution in [0.2, 0.25) is 0 Å². The lowest BCUT2D eigenvalue weighted by atomic mass is 9.78. The third-order valence-corrected chi connectivity index (χ3v) is 6.02. The summed E-state index contributed by atoms with van der Waals surface area (Å²) >= 11 is 0. The molecule has 0 unspecified atom stereocenters. The fourth-order valence-electron chi connectivity index (χ4n) is 4.27. The molecule has 8 heteroatoms. The van der Waals surface area contributed by atoms with Crippen molar-refractivity contribution in [2.75, 3.05) is 27.4 Å². The maximum atomic E-state index is 12.0. The van der Waals surface area contributed by atoms with Gasteiger partial charge in [0.1, 0.15) is 17.9 Å². The SMILES string of the molecule is COc1cc2nn(C3CCC4(CC3)COCC(=O)N4C)cc2cc1C(=O)O. The molecule has 2 aromatic rings. The first kappa shape index (κ1) is 17.8. The Kier molecular flexibility index (Phi) is 4.30. The predicted octanol–water partition coefficient (Wildman–Crippen LogP) is 2.09. The van der Waals surface area contributed by atoms with Gasteiger partial charge in [-0.05, 0) is 31.7 Å². The number of amides is 1. The third-order valence-electron chi connectivity index (χ3n) is 6.02. The van der Waals surface area contributed by atoms with Crippen LogP contribution in [-0.2, 0) is 9.53 Å². The number of nitrogens with zero attached hydrogens (tertiary/aromatic N) is 3. The summed E-state index contributed by atoms with van der Waals surface area (Å²) in [6, 6.07) is 3.49. The summed E-state index contributed by atoms with van der Waals surface area (Å²) in [7, 11) is 3.32. The molecule has 1 amide bonds. The van der Waals surface area contributed by atoms with Crippen LogP contribution in [0.5, 0.6) is 5.75 Å². The molecule has 2 aliphatic rings. The van der Waals surface area contributed by atoms with Crippen LogP contribution in [0.4, 0.5) is 0 Å². The molecule has 1 aromatic heterocycles. The van der Waals surface area contributed by atoms with Crippen molar-refractivity contribution in [1.82, 2.24) is 14.7 Å². The highest BCUT2D eigenvalue weighted by atomic mass is 16.5. The largest absolute Gasteiger partial charge is 0.496 e. The number of hydrogen-bond acceptors (Lipinski definition) is 5. The van der Waals surface area contributed by atoms with Gasteiger partial charge in [0.05, 0.1) is 30.8 Å². The number of morpholine rings is 1. The first-order chi connectivity index (χ1) is 12.9. The number of carboxylic acids is 1. The number of carbonyl (C=O) groups is 2. The maximum absolute atomic E-state index is 12.0. The van der Waals surface area contributed by atoms with Gasteiger partial charge in [0.25, 0.3) is 0 Å². The molecule has 1 aliphatic carbocycles.